The molecule has 0 saturated heterocycles. The number of nitriles is 1. The first-order valence-electron chi connectivity index (χ1n) is 9.84. The van der Waals surface area contributed by atoms with Crippen molar-refractivity contribution in [2.45, 2.75) is 32.3 Å². The van der Waals surface area contributed by atoms with Gasteiger partial charge in [-0.3, -0.25) is 4.79 Å². The largest absolute Gasteiger partial charge is 0.481 e. The molecule has 0 fully saturated rings. The molecule has 0 spiro atoms. The lowest BCUT2D eigenvalue weighted by atomic mass is 10.1. The number of methoxy groups -OCH3 is 1. The average Bonchev–Trinajstić information content (AvgIpc) is 3.38. The number of fused-ring (bicyclic) bond motifs is 1. The van der Waals surface area contributed by atoms with Gasteiger partial charge in [-0.1, -0.05) is 0 Å². The highest BCUT2D eigenvalue weighted by atomic mass is 19.4. The van der Waals surface area contributed by atoms with Crippen LogP contribution in [0.25, 0.3) is 5.69 Å². The van der Waals surface area contributed by atoms with Crippen molar-refractivity contribution in [2.24, 2.45) is 0 Å². The van der Waals surface area contributed by atoms with E-state index in [4.69, 9.17) is 9.47 Å². The van der Waals surface area contributed by atoms with Crippen LogP contribution < -0.4 is 9.47 Å². The predicted octanol–water partition coefficient (Wildman–Crippen LogP) is 3.63. The molecule has 1 aliphatic rings. The fourth-order valence-corrected chi connectivity index (χ4v) is 3.38. The van der Waals surface area contributed by atoms with Crippen molar-refractivity contribution in [2.75, 3.05) is 7.11 Å². The van der Waals surface area contributed by atoms with E-state index in [1.165, 1.54) is 30.2 Å². The minimum absolute atomic E-state index is 0.109. The zero-order valence-electron chi connectivity index (χ0n) is 17.6. The zero-order chi connectivity index (χ0) is 23.8. The molecule has 4 rings (SSSR count). The molecule has 1 amide bonds. The summed E-state index contributed by atoms with van der Waals surface area (Å²) < 4.78 is 50.7. The highest BCUT2D eigenvalue weighted by Gasteiger charge is 2.39. The van der Waals surface area contributed by atoms with Gasteiger partial charge in [-0.2, -0.15) is 23.5 Å². The van der Waals surface area contributed by atoms with E-state index >= 15 is 0 Å². The van der Waals surface area contributed by atoms with Gasteiger partial charge in [-0.25, -0.2) is 9.67 Å². The third kappa shape index (κ3) is 4.45. The van der Waals surface area contributed by atoms with E-state index in [0.29, 0.717) is 11.6 Å². The van der Waals surface area contributed by atoms with Gasteiger partial charge in [0.05, 0.1) is 42.2 Å². The van der Waals surface area contributed by atoms with Gasteiger partial charge in [0, 0.05) is 30.6 Å². The van der Waals surface area contributed by atoms with Crippen LogP contribution in [0.2, 0.25) is 0 Å². The summed E-state index contributed by atoms with van der Waals surface area (Å²) in [6.07, 6.45) is -3.36. The molecule has 3 aromatic rings. The van der Waals surface area contributed by atoms with E-state index in [0.717, 1.165) is 18.2 Å². The molecule has 0 aliphatic carbocycles. The molecule has 1 aromatic carbocycles. The quantitative estimate of drug-likeness (QED) is 0.581. The molecule has 8 nitrogen and oxygen atoms in total. The number of aromatic nitrogens is 3. The number of carbonyl (C=O) groups excluding carboxylic acids is 1. The third-order valence-electron chi connectivity index (χ3n) is 5.16. The van der Waals surface area contributed by atoms with Gasteiger partial charge in [0.25, 0.3) is 5.91 Å². The van der Waals surface area contributed by atoms with Crippen LogP contribution in [0.4, 0.5) is 13.2 Å². The van der Waals surface area contributed by atoms with Gasteiger partial charge < -0.3 is 14.4 Å². The van der Waals surface area contributed by atoms with Crippen LogP contribution in [0.1, 0.15) is 34.1 Å². The van der Waals surface area contributed by atoms with Crippen LogP contribution in [0, 0.1) is 11.3 Å². The molecule has 33 heavy (non-hydrogen) atoms. The van der Waals surface area contributed by atoms with Crippen LogP contribution in [0.5, 0.6) is 11.6 Å². The minimum atomic E-state index is -4.60. The number of carbonyl (C=O) groups is 1. The summed E-state index contributed by atoms with van der Waals surface area (Å²) in [6.45, 7) is 1.23. The van der Waals surface area contributed by atoms with Crippen molar-refractivity contribution in [1.29, 1.82) is 5.26 Å². The Morgan fingerprint density at radius 1 is 1.24 bits per heavy atom. The molecule has 1 atom stereocenters. The first-order chi connectivity index (χ1) is 15.7. The second-order valence-corrected chi connectivity index (χ2v) is 7.39. The van der Waals surface area contributed by atoms with Crippen LogP contribution >= 0.6 is 0 Å². The Bertz CT molecular complexity index is 1230. The van der Waals surface area contributed by atoms with E-state index in [-0.39, 0.29) is 30.0 Å². The number of hydrogen-bond donors (Lipinski definition) is 0. The van der Waals surface area contributed by atoms with E-state index in [2.05, 4.69) is 10.1 Å². The van der Waals surface area contributed by atoms with Crippen molar-refractivity contribution < 1.29 is 27.4 Å². The molecular formula is C22H18F3N5O3. The monoisotopic (exact) mass is 457 g/mol. The Labute approximate surface area is 186 Å². The molecule has 0 N–H and O–H groups in total. The van der Waals surface area contributed by atoms with E-state index in [9.17, 15) is 23.2 Å². The van der Waals surface area contributed by atoms with Crippen LogP contribution in [-0.2, 0) is 13.1 Å². The molecular weight excluding hydrogens is 439 g/mol. The Hall–Kier alpha value is -4.07. The number of nitrogens with zero attached hydrogens (tertiary/aromatic N) is 5. The van der Waals surface area contributed by atoms with Gasteiger partial charge in [-0.15, -0.1) is 0 Å². The Morgan fingerprint density at radius 3 is 2.70 bits per heavy atom. The topological polar surface area (TPSA) is 93.3 Å². The van der Waals surface area contributed by atoms with Gasteiger partial charge >= 0.3 is 6.18 Å². The first-order valence-corrected chi connectivity index (χ1v) is 9.84. The highest BCUT2D eigenvalue weighted by molar-refractivity contribution is 5.97. The number of benzene rings is 1. The molecule has 1 aliphatic heterocycles. The smallest absolute Gasteiger partial charge is 0.425 e. The van der Waals surface area contributed by atoms with Crippen molar-refractivity contribution >= 4 is 5.91 Å². The van der Waals surface area contributed by atoms with E-state index in [1.807, 2.05) is 6.07 Å². The van der Waals surface area contributed by atoms with Gasteiger partial charge in [-0.05, 0) is 31.2 Å². The third-order valence-corrected chi connectivity index (χ3v) is 5.16. The molecule has 2 aromatic heterocycles. The molecule has 11 heteroatoms. The lowest BCUT2D eigenvalue weighted by Gasteiger charge is -2.22. The molecule has 0 saturated carbocycles. The Balaban J connectivity index is 1.57. The number of hydrogen-bond acceptors (Lipinski definition) is 6. The first kappa shape index (κ1) is 22.1. The van der Waals surface area contributed by atoms with Crippen molar-refractivity contribution in [3.05, 3.63) is 65.1 Å². The lowest BCUT2D eigenvalue weighted by molar-refractivity contribution is -0.189. The predicted molar refractivity (Wildman–Crippen MR) is 109 cm³/mol. The second-order valence-electron chi connectivity index (χ2n) is 7.39. The lowest BCUT2D eigenvalue weighted by Crippen LogP contribution is -2.32. The van der Waals surface area contributed by atoms with Gasteiger partial charge in [0.1, 0.15) is 5.75 Å². The van der Waals surface area contributed by atoms with E-state index < -0.39 is 18.2 Å². The van der Waals surface area contributed by atoms with Crippen molar-refractivity contribution in [3.8, 4) is 23.4 Å². The molecule has 1 unspecified atom stereocenters. The maximum absolute atomic E-state index is 13.2. The van der Waals surface area contributed by atoms with E-state index in [1.54, 1.807) is 29.2 Å². The van der Waals surface area contributed by atoms with Gasteiger partial charge in [0.2, 0.25) is 5.88 Å². The number of ether oxygens (including phenoxy) is 2. The normalized spacial score (nSPS) is 13.9. The van der Waals surface area contributed by atoms with Gasteiger partial charge in [0.15, 0.2) is 6.10 Å². The number of amides is 1. The summed E-state index contributed by atoms with van der Waals surface area (Å²) >= 11 is 0. The molecule has 3 heterocycles. The summed E-state index contributed by atoms with van der Waals surface area (Å²) in [5.41, 5.74) is 2.21. The molecule has 170 valence electrons. The summed E-state index contributed by atoms with van der Waals surface area (Å²) in [4.78, 5) is 18.7. The van der Waals surface area contributed by atoms with Crippen molar-refractivity contribution in [3.63, 3.8) is 0 Å². The number of rotatable bonds is 5. The average molecular weight is 457 g/mol. The van der Waals surface area contributed by atoms with Crippen LogP contribution in [-0.4, -0.2) is 45.0 Å². The number of alkyl halides is 3. The maximum atomic E-state index is 13.2. The second kappa shape index (κ2) is 8.46. The standard InChI is InChI=1S/C22H18F3N5O3/c1-13(22(23,24)25)33-19-4-3-14(9-26)7-17(19)21(31)29-10-15-11-30(28-18(15)12-29)16-5-6-27-20(8-16)32-2/h3-8,11,13H,10,12H2,1-2H3. The fourth-order valence-electron chi connectivity index (χ4n) is 3.38. The van der Waals surface area contributed by atoms with Crippen LogP contribution in [0.15, 0.2) is 42.7 Å². The summed E-state index contributed by atoms with van der Waals surface area (Å²) in [7, 11) is 1.51. The van der Waals surface area contributed by atoms with Crippen molar-refractivity contribution in [1.82, 2.24) is 19.7 Å². The highest BCUT2D eigenvalue weighted by Crippen LogP contribution is 2.31. The molecule has 0 radical (unpaired) electrons. The summed E-state index contributed by atoms with van der Waals surface area (Å²) in [6, 6.07) is 9.11. The Morgan fingerprint density at radius 2 is 2.03 bits per heavy atom. The number of halogens is 3. The zero-order valence-corrected chi connectivity index (χ0v) is 17.6. The number of pyridine rings is 1. The molecule has 0 bridgehead atoms. The summed E-state index contributed by atoms with van der Waals surface area (Å²) in [5, 5.41) is 13.7. The fraction of sp³-hybridized carbons (Fsp3) is 0.273. The Kier molecular flexibility index (Phi) is 5.68. The SMILES string of the molecule is COc1cc(-n2cc3c(n2)CN(C(=O)c2cc(C#N)ccc2OC(C)C(F)(F)F)C3)ccn1. The van der Waals surface area contributed by atoms with Crippen LogP contribution in [0.3, 0.4) is 0 Å². The maximum Gasteiger partial charge on any atom is 0.425 e. The minimum Gasteiger partial charge on any atom is -0.481 e. The summed E-state index contributed by atoms with van der Waals surface area (Å²) in [5.74, 6) is -0.355.